The minimum absolute atomic E-state index is 0.145. The zero-order chi connectivity index (χ0) is 23.5. The summed E-state index contributed by atoms with van der Waals surface area (Å²) in [5.41, 5.74) is 7.50. The van der Waals surface area contributed by atoms with Crippen LogP contribution in [-0.4, -0.2) is 16.8 Å². The molecule has 3 aromatic carbocycles. The lowest BCUT2D eigenvalue weighted by Gasteiger charge is -2.09. The lowest BCUT2D eigenvalue weighted by atomic mass is 10.0. The standard InChI is InChI=1S/C27H25N3O2S/c1-16-8-10-18(3)22(12-16)25(31)28-21-7-5-6-20(14-21)24-15-33-27(29-24)30-26(32)23-13-17(2)9-11-19(23)4/h5-15H,1-4H3,(H,28,31)(H,29,30,32). The molecule has 2 amide bonds. The van der Waals surface area contributed by atoms with Crippen molar-refractivity contribution in [3.63, 3.8) is 0 Å². The third-order valence-corrected chi connectivity index (χ3v) is 6.17. The average molecular weight is 456 g/mol. The van der Waals surface area contributed by atoms with Gasteiger partial charge in [0.15, 0.2) is 5.13 Å². The number of nitrogens with one attached hydrogen (secondary N) is 2. The van der Waals surface area contributed by atoms with Gasteiger partial charge in [-0.3, -0.25) is 14.9 Å². The van der Waals surface area contributed by atoms with Crippen LogP contribution in [0.2, 0.25) is 0 Å². The van der Waals surface area contributed by atoms with Crippen molar-refractivity contribution in [1.29, 1.82) is 0 Å². The second kappa shape index (κ2) is 9.38. The van der Waals surface area contributed by atoms with Crippen molar-refractivity contribution >= 4 is 34.0 Å². The van der Waals surface area contributed by atoms with Crippen molar-refractivity contribution in [2.24, 2.45) is 0 Å². The molecule has 1 heterocycles. The second-order valence-electron chi connectivity index (χ2n) is 8.16. The highest BCUT2D eigenvalue weighted by Gasteiger charge is 2.14. The highest BCUT2D eigenvalue weighted by Crippen LogP contribution is 2.28. The summed E-state index contributed by atoms with van der Waals surface area (Å²) in [5, 5.41) is 8.29. The van der Waals surface area contributed by atoms with E-state index in [0.29, 0.717) is 21.9 Å². The van der Waals surface area contributed by atoms with Crippen molar-refractivity contribution in [3.05, 3.63) is 99.4 Å². The Labute approximate surface area is 197 Å². The van der Waals surface area contributed by atoms with Gasteiger partial charge in [0.2, 0.25) is 0 Å². The summed E-state index contributed by atoms with van der Waals surface area (Å²) in [5.74, 6) is -0.320. The van der Waals surface area contributed by atoms with E-state index in [2.05, 4.69) is 15.6 Å². The Kier molecular flexibility index (Phi) is 6.38. The maximum atomic E-state index is 12.8. The van der Waals surface area contributed by atoms with Gasteiger partial charge in [-0.25, -0.2) is 4.98 Å². The molecule has 6 heteroatoms. The van der Waals surface area contributed by atoms with Gasteiger partial charge in [0.25, 0.3) is 11.8 Å². The number of nitrogens with zero attached hydrogens (tertiary/aromatic N) is 1. The predicted molar refractivity (Wildman–Crippen MR) is 135 cm³/mol. The monoisotopic (exact) mass is 455 g/mol. The topological polar surface area (TPSA) is 71.1 Å². The molecule has 1 aromatic heterocycles. The number of aryl methyl sites for hydroxylation is 4. The zero-order valence-corrected chi connectivity index (χ0v) is 19.8. The maximum absolute atomic E-state index is 12.8. The molecule has 0 radical (unpaired) electrons. The van der Waals surface area contributed by atoms with Crippen LogP contribution in [0.1, 0.15) is 43.0 Å². The molecule has 4 aromatic rings. The molecule has 2 N–H and O–H groups in total. The fourth-order valence-corrected chi connectivity index (χ4v) is 4.26. The van der Waals surface area contributed by atoms with Gasteiger partial charge in [-0.15, -0.1) is 11.3 Å². The predicted octanol–water partition coefficient (Wildman–Crippen LogP) is 6.55. The molecule has 0 aliphatic rings. The first-order valence-corrected chi connectivity index (χ1v) is 11.5. The lowest BCUT2D eigenvalue weighted by molar-refractivity contribution is 0.101. The molecule has 33 heavy (non-hydrogen) atoms. The van der Waals surface area contributed by atoms with Crippen LogP contribution in [0.5, 0.6) is 0 Å². The molecule has 0 bridgehead atoms. The number of anilines is 2. The van der Waals surface area contributed by atoms with E-state index >= 15 is 0 Å². The van der Waals surface area contributed by atoms with Gasteiger partial charge in [-0.2, -0.15) is 0 Å². The van der Waals surface area contributed by atoms with E-state index in [1.165, 1.54) is 11.3 Å². The molecular weight excluding hydrogens is 430 g/mol. The summed E-state index contributed by atoms with van der Waals surface area (Å²) in [6.45, 7) is 7.77. The van der Waals surface area contributed by atoms with Crippen LogP contribution >= 0.6 is 11.3 Å². The third-order valence-electron chi connectivity index (χ3n) is 5.42. The van der Waals surface area contributed by atoms with Gasteiger partial charge < -0.3 is 5.32 Å². The van der Waals surface area contributed by atoms with E-state index in [1.807, 2.05) is 93.7 Å². The summed E-state index contributed by atoms with van der Waals surface area (Å²) >= 11 is 1.37. The fraction of sp³-hybridized carbons (Fsp3) is 0.148. The number of hydrogen-bond acceptors (Lipinski definition) is 4. The number of aromatic nitrogens is 1. The Morgan fingerprint density at radius 3 is 2.00 bits per heavy atom. The zero-order valence-electron chi connectivity index (χ0n) is 19.0. The molecule has 0 saturated heterocycles. The molecule has 0 unspecified atom stereocenters. The Bertz CT molecular complexity index is 1360. The average Bonchev–Trinajstić information content (AvgIpc) is 3.25. The van der Waals surface area contributed by atoms with Crippen LogP contribution in [0.3, 0.4) is 0 Å². The smallest absolute Gasteiger partial charge is 0.257 e. The van der Waals surface area contributed by atoms with Crippen molar-refractivity contribution in [2.75, 3.05) is 10.6 Å². The van der Waals surface area contributed by atoms with E-state index < -0.39 is 0 Å². The van der Waals surface area contributed by atoms with Crippen molar-refractivity contribution < 1.29 is 9.59 Å². The van der Waals surface area contributed by atoms with Gasteiger partial charge >= 0.3 is 0 Å². The normalized spacial score (nSPS) is 10.7. The Balaban J connectivity index is 1.50. The molecule has 0 aliphatic carbocycles. The number of benzene rings is 3. The van der Waals surface area contributed by atoms with E-state index in [4.69, 9.17) is 0 Å². The summed E-state index contributed by atoms with van der Waals surface area (Å²) in [6, 6.07) is 19.2. The Morgan fingerprint density at radius 2 is 1.36 bits per heavy atom. The van der Waals surface area contributed by atoms with E-state index in [9.17, 15) is 9.59 Å². The molecule has 166 valence electrons. The van der Waals surface area contributed by atoms with Gasteiger partial charge in [0, 0.05) is 27.8 Å². The van der Waals surface area contributed by atoms with Gasteiger partial charge in [0.1, 0.15) is 0 Å². The number of amides is 2. The Morgan fingerprint density at radius 1 is 0.758 bits per heavy atom. The van der Waals surface area contributed by atoms with Gasteiger partial charge in [-0.05, 0) is 63.1 Å². The SMILES string of the molecule is Cc1ccc(C)c(C(=O)Nc2cccc(-c3csc(NC(=O)c4cc(C)ccc4C)n3)c2)c1. The first kappa shape index (κ1) is 22.4. The largest absolute Gasteiger partial charge is 0.322 e. The maximum Gasteiger partial charge on any atom is 0.257 e. The van der Waals surface area contributed by atoms with Crippen molar-refractivity contribution in [1.82, 2.24) is 4.98 Å². The minimum atomic E-state index is -0.174. The summed E-state index contributed by atoms with van der Waals surface area (Å²) in [4.78, 5) is 30.1. The van der Waals surface area contributed by atoms with Crippen molar-refractivity contribution in [3.8, 4) is 11.3 Å². The number of carbonyl (C=O) groups is 2. The molecular formula is C27H25N3O2S. The Hall–Kier alpha value is -3.77. The van der Waals surface area contributed by atoms with E-state index in [-0.39, 0.29) is 11.8 Å². The van der Waals surface area contributed by atoms with Crippen LogP contribution < -0.4 is 10.6 Å². The summed E-state index contributed by atoms with van der Waals surface area (Å²) in [6.07, 6.45) is 0. The fourth-order valence-electron chi connectivity index (χ4n) is 3.54. The highest BCUT2D eigenvalue weighted by molar-refractivity contribution is 7.14. The molecule has 0 atom stereocenters. The van der Waals surface area contributed by atoms with E-state index in [0.717, 1.165) is 33.5 Å². The minimum Gasteiger partial charge on any atom is -0.322 e. The first-order chi connectivity index (χ1) is 15.8. The molecule has 0 aliphatic heterocycles. The summed E-state index contributed by atoms with van der Waals surface area (Å²) < 4.78 is 0. The second-order valence-corrected chi connectivity index (χ2v) is 9.02. The molecule has 5 nitrogen and oxygen atoms in total. The van der Waals surface area contributed by atoms with Crippen LogP contribution in [0.15, 0.2) is 66.0 Å². The van der Waals surface area contributed by atoms with Gasteiger partial charge in [0.05, 0.1) is 5.69 Å². The van der Waals surface area contributed by atoms with Crippen LogP contribution in [0.25, 0.3) is 11.3 Å². The third kappa shape index (κ3) is 5.18. The lowest BCUT2D eigenvalue weighted by Crippen LogP contribution is -2.13. The molecule has 0 fully saturated rings. The van der Waals surface area contributed by atoms with Crippen molar-refractivity contribution in [2.45, 2.75) is 27.7 Å². The van der Waals surface area contributed by atoms with Gasteiger partial charge in [-0.1, -0.05) is 47.5 Å². The molecule has 4 rings (SSSR count). The quantitative estimate of drug-likeness (QED) is 0.358. The van der Waals surface area contributed by atoms with Crippen LogP contribution in [0, 0.1) is 27.7 Å². The molecule has 0 spiro atoms. The summed E-state index contributed by atoms with van der Waals surface area (Å²) in [7, 11) is 0. The number of hydrogen-bond donors (Lipinski definition) is 2. The number of thiazole rings is 1. The highest BCUT2D eigenvalue weighted by atomic mass is 32.1. The van der Waals surface area contributed by atoms with E-state index in [1.54, 1.807) is 0 Å². The first-order valence-electron chi connectivity index (χ1n) is 10.6. The van der Waals surface area contributed by atoms with Crippen LogP contribution in [-0.2, 0) is 0 Å². The van der Waals surface area contributed by atoms with Crippen LogP contribution in [0.4, 0.5) is 10.8 Å². The molecule has 0 saturated carbocycles. The number of rotatable bonds is 5. The number of carbonyl (C=O) groups excluding carboxylic acids is 2.